The molecule has 0 spiro atoms. The topological polar surface area (TPSA) is 37.8 Å². The molecule has 1 N–H and O–H groups in total. The van der Waals surface area contributed by atoms with E-state index in [4.69, 9.17) is 0 Å². The number of benzene rings is 2. The van der Waals surface area contributed by atoms with Gasteiger partial charge in [-0.2, -0.15) is 10.2 Å². The summed E-state index contributed by atoms with van der Waals surface area (Å²) in [5.74, 6) is -0.219. The average molecular weight is 331 g/mol. The van der Waals surface area contributed by atoms with Gasteiger partial charge in [0.1, 0.15) is 5.82 Å². The Labute approximate surface area is 146 Å². The summed E-state index contributed by atoms with van der Waals surface area (Å²) in [6.07, 6.45) is 2.12. The maximum atomic E-state index is 13.7. The monoisotopic (exact) mass is 331 g/mol. The normalized spacial score (nSPS) is 13.8. The number of aromatic nitrogens is 2. The highest BCUT2D eigenvalue weighted by molar-refractivity contribution is 5.83. The molecule has 0 bridgehead atoms. The second-order valence-corrected chi connectivity index (χ2v) is 6.19. The number of rotatable bonds is 2. The van der Waals surface area contributed by atoms with Gasteiger partial charge in [-0.15, -0.1) is 0 Å². The molecule has 0 saturated carbocycles. The molecule has 0 radical (unpaired) electrons. The first-order valence-corrected chi connectivity index (χ1v) is 8.31. The molecule has 0 atom stereocenters. The standard InChI is InChI=1S/C21H18FN3/c1-14-5-8-21(25-24-14)16-6-7-19-17(11-16)13-23-10-9-20(19)15-3-2-4-18(22)12-15/h2-9,11-12,23H,10,13H2,1H3. The summed E-state index contributed by atoms with van der Waals surface area (Å²) in [4.78, 5) is 0. The van der Waals surface area contributed by atoms with Crippen LogP contribution in [0.4, 0.5) is 4.39 Å². The first kappa shape index (κ1) is 15.7. The van der Waals surface area contributed by atoms with Crippen LogP contribution in [0.2, 0.25) is 0 Å². The summed E-state index contributed by atoms with van der Waals surface area (Å²) in [6, 6.07) is 17.0. The third-order valence-corrected chi connectivity index (χ3v) is 4.39. The molecule has 124 valence electrons. The molecular formula is C21H18FN3. The van der Waals surface area contributed by atoms with Crippen LogP contribution < -0.4 is 5.32 Å². The molecule has 2 aromatic carbocycles. The number of nitrogens with zero attached hydrogens (tertiary/aromatic N) is 2. The van der Waals surface area contributed by atoms with E-state index in [1.165, 1.54) is 11.6 Å². The van der Waals surface area contributed by atoms with Gasteiger partial charge in [0.2, 0.25) is 0 Å². The lowest BCUT2D eigenvalue weighted by Crippen LogP contribution is -2.11. The van der Waals surface area contributed by atoms with Crippen molar-refractivity contribution in [3.05, 3.63) is 88.9 Å². The number of hydrogen-bond donors (Lipinski definition) is 1. The predicted molar refractivity (Wildman–Crippen MR) is 97.4 cm³/mol. The molecular weight excluding hydrogens is 313 g/mol. The van der Waals surface area contributed by atoms with Crippen molar-refractivity contribution in [2.45, 2.75) is 13.5 Å². The second-order valence-electron chi connectivity index (χ2n) is 6.19. The SMILES string of the molecule is Cc1ccc(-c2ccc3c(c2)CNCC=C3c2cccc(F)c2)nn1. The van der Waals surface area contributed by atoms with Crippen LogP contribution in [0.25, 0.3) is 16.8 Å². The molecule has 3 aromatic rings. The lowest BCUT2D eigenvalue weighted by atomic mass is 9.92. The van der Waals surface area contributed by atoms with Crippen LogP contribution in [-0.4, -0.2) is 16.7 Å². The number of aryl methyl sites for hydroxylation is 1. The summed E-state index contributed by atoms with van der Waals surface area (Å²) in [7, 11) is 0. The van der Waals surface area contributed by atoms with E-state index in [2.05, 4.69) is 39.8 Å². The molecule has 0 aliphatic carbocycles. The minimum Gasteiger partial charge on any atom is -0.309 e. The van der Waals surface area contributed by atoms with Crippen LogP contribution in [0.5, 0.6) is 0 Å². The van der Waals surface area contributed by atoms with Crippen molar-refractivity contribution in [3.8, 4) is 11.3 Å². The van der Waals surface area contributed by atoms with Gasteiger partial charge in [0.05, 0.1) is 11.4 Å². The maximum absolute atomic E-state index is 13.7. The van der Waals surface area contributed by atoms with Crippen LogP contribution in [0, 0.1) is 12.7 Å². The van der Waals surface area contributed by atoms with Gasteiger partial charge in [0.25, 0.3) is 0 Å². The van der Waals surface area contributed by atoms with Crippen LogP contribution in [0.1, 0.15) is 22.4 Å². The number of fused-ring (bicyclic) bond motifs is 1. The Balaban J connectivity index is 1.78. The van der Waals surface area contributed by atoms with Crippen molar-refractivity contribution < 1.29 is 4.39 Å². The Morgan fingerprint density at radius 3 is 2.68 bits per heavy atom. The molecule has 0 saturated heterocycles. The Morgan fingerprint density at radius 2 is 1.88 bits per heavy atom. The van der Waals surface area contributed by atoms with Crippen molar-refractivity contribution >= 4 is 5.57 Å². The van der Waals surface area contributed by atoms with Gasteiger partial charge in [-0.1, -0.05) is 30.3 Å². The van der Waals surface area contributed by atoms with E-state index in [0.717, 1.165) is 46.7 Å². The molecule has 0 amide bonds. The zero-order valence-electron chi connectivity index (χ0n) is 14.0. The average Bonchev–Trinajstić information content (AvgIpc) is 2.84. The van der Waals surface area contributed by atoms with Gasteiger partial charge in [0, 0.05) is 18.7 Å². The zero-order chi connectivity index (χ0) is 17.2. The van der Waals surface area contributed by atoms with Gasteiger partial charge in [-0.25, -0.2) is 4.39 Å². The number of halogens is 1. The number of hydrogen-bond acceptors (Lipinski definition) is 3. The van der Waals surface area contributed by atoms with Crippen LogP contribution in [0.3, 0.4) is 0 Å². The van der Waals surface area contributed by atoms with E-state index >= 15 is 0 Å². The summed E-state index contributed by atoms with van der Waals surface area (Å²) < 4.78 is 13.7. The zero-order valence-corrected chi connectivity index (χ0v) is 14.0. The van der Waals surface area contributed by atoms with Gasteiger partial charge in [0.15, 0.2) is 0 Å². The molecule has 1 aliphatic heterocycles. The van der Waals surface area contributed by atoms with E-state index in [9.17, 15) is 4.39 Å². The highest BCUT2D eigenvalue weighted by Gasteiger charge is 2.15. The van der Waals surface area contributed by atoms with E-state index in [1.54, 1.807) is 12.1 Å². The molecule has 4 heteroatoms. The first-order valence-electron chi connectivity index (χ1n) is 8.31. The molecule has 2 heterocycles. The van der Waals surface area contributed by atoms with Crippen molar-refractivity contribution in [2.75, 3.05) is 6.54 Å². The van der Waals surface area contributed by atoms with Crippen molar-refractivity contribution in [1.29, 1.82) is 0 Å². The fourth-order valence-electron chi connectivity index (χ4n) is 3.14. The van der Waals surface area contributed by atoms with Crippen LogP contribution in [-0.2, 0) is 6.54 Å². The quantitative estimate of drug-likeness (QED) is 0.767. The smallest absolute Gasteiger partial charge is 0.123 e. The van der Waals surface area contributed by atoms with Crippen molar-refractivity contribution in [2.24, 2.45) is 0 Å². The lowest BCUT2D eigenvalue weighted by Gasteiger charge is -2.13. The fourth-order valence-corrected chi connectivity index (χ4v) is 3.14. The first-order chi connectivity index (χ1) is 12.2. The van der Waals surface area contributed by atoms with Gasteiger partial charge in [-0.3, -0.25) is 0 Å². The molecule has 1 aliphatic rings. The Kier molecular flexibility index (Phi) is 4.12. The third-order valence-electron chi connectivity index (χ3n) is 4.39. The highest BCUT2D eigenvalue weighted by atomic mass is 19.1. The molecule has 25 heavy (non-hydrogen) atoms. The molecule has 0 fully saturated rings. The minimum atomic E-state index is -0.219. The molecule has 0 unspecified atom stereocenters. The van der Waals surface area contributed by atoms with E-state index in [0.29, 0.717) is 0 Å². The Hall–Kier alpha value is -2.85. The summed E-state index contributed by atoms with van der Waals surface area (Å²) in [6.45, 7) is 3.44. The Morgan fingerprint density at radius 1 is 0.960 bits per heavy atom. The lowest BCUT2D eigenvalue weighted by molar-refractivity contribution is 0.627. The largest absolute Gasteiger partial charge is 0.309 e. The summed E-state index contributed by atoms with van der Waals surface area (Å²) in [5, 5.41) is 11.8. The van der Waals surface area contributed by atoms with Crippen molar-refractivity contribution in [3.63, 3.8) is 0 Å². The summed E-state index contributed by atoms with van der Waals surface area (Å²) in [5.41, 5.74) is 7.04. The molecule has 4 rings (SSSR count). The fraction of sp³-hybridized carbons (Fsp3) is 0.143. The minimum absolute atomic E-state index is 0.219. The van der Waals surface area contributed by atoms with Gasteiger partial charge < -0.3 is 5.32 Å². The third kappa shape index (κ3) is 3.21. The molecule has 3 nitrogen and oxygen atoms in total. The Bertz CT molecular complexity index is 946. The van der Waals surface area contributed by atoms with Gasteiger partial charge >= 0.3 is 0 Å². The van der Waals surface area contributed by atoms with Gasteiger partial charge in [-0.05, 0) is 59.5 Å². The van der Waals surface area contributed by atoms with E-state index < -0.39 is 0 Å². The van der Waals surface area contributed by atoms with E-state index in [1.807, 2.05) is 25.1 Å². The second kappa shape index (κ2) is 6.57. The van der Waals surface area contributed by atoms with Crippen LogP contribution >= 0.6 is 0 Å². The predicted octanol–water partition coefficient (Wildman–Crippen LogP) is 4.13. The highest BCUT2D eigenvalue weighted by Crippen LogP contribution is 2.31. The van der Waals surface area contributed by atoms with E-state index in [-0.39, 0.29) is 5.82 Å². The van der Waals surface area contributed by atoms with Crippen LogP contribution in [0.15, 0.2) is 60.7 Å². The van der Waals surface area contributed by atoms with Crippen molar-refractivity contribution in [1.82, 2.24) is 15.5 Å². The molecule has 1 aromatic heterocycles. The maximum Gasteiger partial charge on any atom is 0.123 e. The summed E-state index contributed by atoms with van der Waals surface area (Å²) >= 11 is 0. The number of nitrogens with one attached hydrogen (secondary N) is 1.